The van der Waals surface area contributed by atoms with Crippen LogP contribution in [-0.2, 0) is 4.79 Å². The van der Waals surface area contributed by atoms with E-state index >= 15 is 0 Å². The lowest BCUT2D eigenvalue weighted by molar-refractivity contribution is -0.117. The van der Waals surface area contributed by atoms with E-state index in [0.717, 1.165) is 11.4 Å². The number of H-pyrrole nitrogens is 1. The molecule has 0 saturated heterocycles. The minimum Gasteiger partial charge on any atom is -0.328 e. The molecule has 0 aliphatic rings. The molecule has 0 radical (unpaired) electrons. The van der Waals surface area contributed by atoms with Crippen molar-refractivity contribution in [3.63, 3.8) is 0 Å². The van der Waals surface area contributed by atoms with E-state index in [9.17, 15) is 4.79 Å². The van der Waals surface area contributed by atoms with Crippen LogP contribution in [0.15, 0.2) is 6.20 Å². The van der Waals surface area contributed by atoms with Crippen LogP contribution >= 0.6 is 11.8 Å². The number of aromatic amines is 1. The number of nitrogens with one attached hydrogen (secondary N) is 2. The second-order valence-electron chi connectivity index (χ2n) is 3.29. The maximum atomic E-state index is 11.5. The molecule has 1 aromatic heterocycles. The molecule has 0 aliphatic heterocycles. The zero-order valence-electron chi connectivity index (χ0n) is 8.91. The van der Waals surface area contributed by atoms with Crippen LogP contribution in [0.1, 0.15) is 12.1 Å². The smallest absolute Gasteiger partial charge is 0.243 e. The number of nitrogens with two attached hydrogens (primary N) is 1. The molecule has 0 aliphatic carbocycles. The van der Waals surface area contributed by atoms with Crippen molar-refractivity contribution in [1.82, 2.24) is 9.97 Å². The van der Waals surface area contributed by atoms with Crippen LogP contribution in [0.25, 0.3) is 0 Å². The number of rotatable bonds is 5. The van der Waals surface area contributed by atoms with Gasteiger partial charge in [-0.2, -0.15) is 11.8 Å². The summed E-state index contributed by atoms with van der Waals surface area (Å²) in [7, 11) is 0. The first-order valence-corrected chi connectivity index (χ1v) is 6.10. The Morgan fingerprint density at radius 1 is 1.80 bits per heavy atom. The Hall–Kier alpha value is -1.01. The van der Waals surface area contributed by atoms with Crippen molar-refractivity contribution in [3.8, 4) is 0 Å². The fourth-order valence-corrected chi connectivity index (χ4v) is 1.55. The molecular weight excluding hydrogens is 212 g/mol. The molecule has 0 spiro atoms. The average molecular weight is 228 g/mol. The first-order valence-electron chi connectivity index (χ1n) is 4.70. The molecule has 1 unspecified atom stereocenters. The highest BCUT2D eigenvalue weighted by Crippen LogP contribution is 2.03. The molecule has 1 heterocycles. The number of aryl methyl sites for hydroxylation is 1. The van der Waals surface area contributed by atoms with Gasteiger partial charge >= 0.3 is 0 Å². The van der Waals surface area contributed by atoms with E-state index in [2.05, 4.69) is 15.3 Å². The fraction of sp³-hybridized carbons (Fsp3) is 0.556. The number of hydrogen-bond donors (Lipinski definition) is 3. The lowest BCUT2D eigenvalue weighted by atomic mass is 10.2. The van der Waals surface area contributed by atoms with Crippen LogP contribution in [0.3, 0.4) is 0 Å². The van der Waals surface area contributed by atoms with E-state index in [1.807, 2.05) is 13.2 Å². The van der Waals surface area contributed by atoms with Gasteiger partial charge in [0.15, 0.2) is 0 Å². The van der Waals surface area contributed by atoms with E-state index in [-0.39, 0.29) is 5.91 Å². The van der Waals surface area contributed by atoms with E-state index in [1.165, 1.54) is 0 Å². The maximum Gasteiger partial charge on any atom is 0.243 e. The standard InChI is InChI=1S/C9H16N4OS/c1-6-5-11-9(12-6)13-8(14)7(10)3-4-15-2/h5,7H,3-4,10H2,1-2H3,(H2,11,12,13,14). The Labute approximate surface area is 93.2 Å². The molecule has 0 aromatic carbocycles. The summed E-state index contributed by atoms with van der Waals surface area (Å²) in [5.41, 5.74) is 6.60. The quantitative estimate of drug-likeness (QED) is 0.694. The molecule has 4 N–H and O–H groups in total. The predicted octanol–water partition coefficient (Wildman–Crippen LogP) is 0.737. The van der Waals surface area contributed by atoms with Crippen LogP contribution in [0.4, 0.5) is 5.95 Å². The molecule has 0 bridgehead atoms. The summed E-state index contributed by atoms with van der Waals surface area (Å²) in [6.45, 7) is 1.87. The zero-order chi connectivity index (χ0) is 11.3. The molecule has 1 aromatic rings. The number of anilines is 1. The number of carbonyl (C=O) groups excluding carboxylic acids is 1. The summed E-state index contributed by atoms with van der Waals surface area (Å²) in [6, 6.07) is -0.470. The molecule has 1 amide bonds. The number of aromatic nitrogens is 2. The summed E-state index contributed by atoms with van der Waals surface area (Å²) in [5.74, 6) is 1.14. The van der Waals surface area contributed by atoms with Crippen molar-refractivity contribution in [2.24, 2.45) is 5.73 Å². The fourth-order valence-electron chi connectivity index (χ4n) is 1.06. The van der Waals surface area contributed by atoms with Gasteiger partial charge in [-0.15, -0.1) is 0 Å². The highest BCUT2D eigenvalue weighted by Gasteiger charge is 2.13. The van der Waals surface area contributed by atoms with Crippen molar-refractivity contribution in [3.05, 3.63) is 11.9 Å². The number of imidazole rings is 1. The largest absolute Gasteiger partial charge is 0.328 e. The van der Waals surface area contributed by atoms with E-state index in [1.54, 1.807) is 18.0 Å². The van der Waals surface area contributed by atoms with E-state index < -0.39 is 6.04 Å². The van der Waals surface area contributed by atoms with Gasteiger partial charge in [0.1, 0.15) is 0 Å². The SMILES string of the molecule is CSCCC(N)C(=O)Nc1ncc(C)[nH]1. The van der Waals surface area contributed by atoms with Crippen LogP contribution in [-0.4, -0.2) is 33.9 Å². The molecular formula is C9H16N4OS. The third-order valence-corrected chi connectivity index (χ3v) is 2.56. The Kier molecular flexibility index (Phi) is 4.64. The van der Waals surface area contributed by atoms with Gasteiger partial charge < -0.3 is 10.7 Å². The number of nitrogens with zero attached hydrogens (tertiary/aromatic N) is 1. The van der Waals surface area contributed by atoms with Crippen molar-refractivity contribution < 1.29 is 4.79 Å². The van der Waals surface area contributed by atoms with Gasteiger partial charge in [-0.3, -0.25) is 10.1 Å². The van der Waals surface area contributed by atoms with Gasteiger partial charge in [0, 0.05) is 11.9 Å². The van der Waals surface area contributed by atoms with Gasteiger partial charge in [-0.05, 0) is 25.4 Å². The van der Waals surface area contributed by atoms with E-state index in [0.29, 0.717) is 12.4 Å². The number of amides is 1. The zero-order valence-corrected chi connectivity index (χ0v) is 9.73. The Bertz CT molecular complexity index is 326. The Balaban J connectivity index is 2.41. The molecule has 0 saturated carbocycles. The van der Waals surface area contributed by atoms with Crippen LogP contribution in [0, 0.1) is 6.92 Å². The Morgan fingerprint density at radius 2 is 2.53 bits per heavy atom. The topological polar surface area (TPSA) is 83.8 Å². The summed E-state index contributed by atoms with van der Waals surface area (Å²) in [4.78, 5) is 18.4. The van der Waals surface area contributed by atoms with Gasteiger partial charge in [0.2, 0.25) is 11.9 Å². The minimum absolute atomic E-state index is 0.196. The average Bonchev–Trinajstić information content (AvgIpc) is 2.60. The van der Waals surface area contributed by atoms with Crippen molar-refractivity contribution in [2.45, 2.75) is 19.4 Å². The Morgan fingerprint density at radius 3 is 3.07 bits per heavy atom. The van der Waals surface area contributed by atoms with Gasteiger partial charge in [-0.1, -0.05) is 0 Å². The molecule has 0 fully saturated rings. The first-order chi connectivity index (χ1) is 7.13. The van der Waals surface area contributed by atoms with Crippen molar-refractivity contribution in [2.75, 3.05) is 17.3 Å². The lowest BCUT2D eigenvalue weighted by Crippen LogP contribution is -2.36. The van der Waals surface area contributed by atoms with E-state index in [4.69, 9.17) is 5.73 Å². The third-order valence-electron chi connectivity index (χ3n) is 1.91. The summed E-state index contributed by atoms with van der Waals surface area (Å²) >= 11 is 1.67. The molecule has 1 atom stereocenters. The third kappa shape index (κ3) is 3.93. The van der Waals surface area contributed by atoms with Crippen LogP contribution in [0.2, 0.25) is 0 Å². The molecule has 1 rings (SSSR count). The first kappa shape index (κ1) is 12.1. The molecule has 15 heavy (non-hydrogen) atoms. The highest BCUT2D eigenvalue weighted by molar-refractivity contribution is 7.98. The summed E-state index contributed by atoms with van der Waals surface area (Å²) in [5, 5.41) is 2.63. The second kappa shape index (κ2) is 5.77. The molecule has 5 nitrogen and oxygen atoms in total. The molecule has 84 valence electrons. The number of hydrogen-bond acceptors (Lipinski definition) is 4. The van der Waals surface area contributed by atoms with Gasteiger partial charge in [-0.25, -0.2) is 4.98 Å². The number of carbonyl (C=O) groups is 1. The lowest BCUT2D eigenvalue weighted by Gasteiger charge is -2.09. The minimum atomic E-state index is -0.470. The van der Waals surface area contributed by atoms with Gasteiger partial charge in [0.25, 0.3) is 0 Å². The van der Waals surface area contributed by atoms with Crippen LogP contribution in [0.5, 0.6) is 0 Å². The maximum absolute atomic E-state index is 11.5. The van der Waals surface area contributed by atoms with Gasteiger partial charge in [0.05, 0.1) is 6.04 Å². The number of thioether (sulfide) groups is 1. The van der Waals surface area contributed by atoms with Crippen molar-refractivity contribution >= 4 is 23.6 Å². The second-order valence-corrected chi connectivity index (χ2v) is 4.28. The summed E-state index contributed by atoms with van der Waals surface area (Å²) in [6.07, 6.45) is 4.32. The predicted molar refractivity (Wildman–Crippen MR) is 62.9 cm³/mol. The van der Waals surface area contributed by atoms with Crippen LogP contribution < -0.4 is 11.1 Å². The summed E-state index contributed by atoms with van der Waals surface area (Å²) < 4.78 is 0. The highest BCUT2D eigenvalue weighted by atomic mass is 32.2. The normalized spacial score (nSPS) is 12.5. The monoisotopic (exact) mass is 228 g/mol. The molecule has 6 heteroatoms. The van der Waals surface area contributed by atoms with Crippen molar-refractivity contribution in [1.29, 1.82) is 0 Å².